The van der Waals surface area contributed by atoms with Gasteiger partial charge in [-0.15, -0.1) is 11.8 Å². The number of unbranched alkanes of at least 4 members (excludes halogenated alkanes) is 1. The van der Waals surface area contributed by atoms with E-state index in [2.05, 4.69) is 6.92 Å². The summed E-state index contributed by atoms with van der Waals surface area (Å²) in [5.41, 5.74) is -0.979. The highest BCUT2D eigenvalue weighted by Gasteiger charge is 2.59. The lowest BCUT2D eigenvalue weighted by Crippen LogP contribution is -2.65. The molecule has 1 saturated heterocycles. The van der Waals surface area contributed by atoms with E-state index >= 15 is 0 Å². The Morgan fingerprint density at radius 1 is 1.50 bits per heavy atom. The van der Waals surface area contributed by atoms with E-state index in [9.17, 15) is 19.8 Å². The number of fused-ring (bicyclic) bond motifs is 1. The van der Waals surface area contributed by atoms with Crippen LogP contribution in [0.1, 0.15) is 40.0 Å². The van der Waals surface area contributed by atoms with Gasteiger partial charge in [-0.2, -0.15) is 0 Å². The van der Waals surface area contributed by atoms with Crippen molar-refractivity contribution in [3.63, 3.8) is 0 Å². The normalized spacial score (nSPS) is 25.8. The molecule has 2 N–H and O–H groups in total. The lowest BCUT2D eigenvalue weighted by molar-refractivity contribution is -0.169. The van der Waals surface area contributed by atoms with Crippen LogP contribution in [0.25, 0.3) is 0 Å². The van der Waals surface area contributed by atoms with Crippen molar-refractivity contribution >= 4 is 23.6 Å². The van der Waals surface area contributed by atoms with Crippen LogP contribution in [-0.2, 0) is 9.59 Å². The quantitative estimate of drug-likeness (QED) is 0.578. The van der Waals surface area contributed by atoms with Gasteiger partial charge in [0.1, 0.15) is 5.70 Å². The predicted octanol–water partition coefficient (Wildman–Crippen LogP) is 1.82. The maximum Gasteiger partial charge on any atom is 0.353 e. The van der Waals surface area contributed by atoms with Crippen LogP contribution in [0, 0.1) is 5.92 Å². The number of hydrogen-bond acceptors (Lipinski definition) is 4. The number of hydrogen-bond donors (Lipinski definition) is 2. The first kappa shape index (κ1) is 15.4. The summed E-state index contributed by atoms with van der Waals surface area (Å²) in [7, 11) is 0. The average Bonchev–Trinajstić information content (AvgIpc) is 2.62. The van der Waals surface area contributed by atoms with E-state index in [4.69, 9.17) is 0 Å². The fourth-order valence-corrected chi connectivity index (χ4v) is 4.20. The number of amides is 1. The Kier molecular flexibility index (Phi) is 4.16. The van der Waals surface area contributed by atoms with Gasteiger partial charge in [-0.25, -0.2) is 4.79 Å². The van der Waals surface area contributed by atoms with Crippen molar-refractivity contribution in [3.8, 4) is 0 Å². The molecule has 2 heterocycles. The summed E-state index contributed by atoms with van der Waals surface area (Å²) in [5.74, 6) is -0.953. The smallest absolute Gasteiger partial charge is 0.353 e. The van der Waals surface area contributed by atoms with Crippen LogP contribution in [0.15, 0.2) is 10.6 Å². The van der Waals surface area contributed by atoms with Crippen molar-refractivity contribution in [1.29, 1.82) is 0 Å². The van der Waals surface area contributed by atoms with Crippen molar-refractivity contribution < 1.29 is 19.8 Å². The van der Waals surface area contributed by atoms with Crippen LogP contribution >= 0.6 is 11.8 Å². The van der Waals surface area contributed by atoms with E-state index < -0.39 is 17.5 Å². The Morgan fingerprint density at radius 2 is 2.15 bits per heavy atom. The Balaban J connectivity index is 2.18. The predicted molar refractivity (Wildman–Crippen MR) is 77.1 cm³/mol. The minimum atomic E-state index is -1.11. The van der Waals surface area contributed by atoms with E-state index in [1.54, 1.807) is 13.8 Å². The molecule has 0 saturated carbocycles. The van der Waals surface area contributed by atoms with Gasteiger partial charge in [0.05, 0.1) is 17.6 Å². The number of carbonyl (C=O) groups is 2. The minimum absolute atomic E-state index is 0.126. The Hall–Kier alpha value is -1.01. The summed E-state index contributed by atoms with van der Waals surface area (Å²) in [5, 5.41) is 19.4. The molecule has 20 heavy (non-hydrogen) atoms. The number of thioether (sulfide) groups is 1. The maximum atomic E-state index is 12.1. The molecule has 0 aliphatic carbocycles. The van der Waals surface area contributed by atoms with Crippen molar-refractivity contribution in [3.05, 3.63) is 10.6 Å². The highest BCUT2D eigenvalue weighted by molar-refractivity contribution is 8.03. The number of rotatable bonds is 6. The van der Waals surface area contributed by atoms with Gasteiger partial charge in [0, 0.05) is 11.3 Å². The average molecular weight is 299 g/mol. The minimum Gasteiger partial charge on any atom is -0.477 e. The molecule has 0 bridgehead atoms. The SMILES string of the molecule is CCCCSC1=C(C(=O)O)N2C(=O)C(C(C)(C)O)C2C1. The van der Waals surface area contributed by atoms with Crippen LogP contribution in [0.5, 0.6) is 0 Å². The molecular weight excluding hydrogens is 278 g/mol. The zero-order valence-corrected chi connectivity index (χ0v) is 12.9. The summed E-state index contributed by atoms with van der Waals surface area (Å²) in [6, 6.07) is -0.197. The summed E-state index contributed by atoms with van der Waals surface area (Å²) >= 11 is 1.53. The molecule has 2 atom stereocenters. The van der Waals surface area contributed by atoms with Crippen LogP contribution in [0.4, 0.5) is 0 Å². The second-order valence-corrected chi connectivity index (χ2v) is 7.08. The molecule has 2 rings (SSSR count). The second-order valence-electron chi connectivity index (χ2n) is 5.89. The van der Waals surface area contributed by atoms with Crippen LogP contribution < -0.4 is 0 Å². The first-order chi connectivity index (χ1) is 9.29. The van der Waals surface area contributed by atoms with Crippen LogP contribution in [0.3, 0.4) is 0 Å². The number of aliphatic hydroxyl groups is 1. The van der Waals surface area contributed by atoms with Gasteiger partial charge >= 0.3 is 5.97 Å². The fraction of sp³-hybridized carbons (Fsp3) is 0.714. The lowest BCUT2D eigenvalue weighted by Gasteiger charge is -2.48. The summed E-state index contributed by atoms with van der Waals surface area (Å²) in [6.45, 7) is 5.30. The first-order valence-corrected chi connectivity index (χ1v) is 7.92. The molecule has 0 spiro atoms. The Morgan fingerprint density at radius 3 is 2.65 bits per heavy atom. The van der Waals surface area contributed by atoms with Gasteiger partial charge in [0.2, 0.25) is 5.91 Å². The summed E-state index contributed by atoms with van der Waals surface area (Å²) < 4.78 is 0. The molecule has 5 nitrogen and oxygen atoms in total. The summed E-state index contributed by atoms with van der Waals surface area (Å²) in [4.78, 5) is 25.7. The maximum absolute atomic E-state index is 12.1. The van der Waals surface area contributed by atoms with Gasteiger partial charge in [-0.3, -0.25) is 4.79 Å². The Bertz CT molecular complexity index is 466. The molecule has 6 heteroatoms. The molecule has 2 aliphatic heterocycles. The van der Waals surface area contributed by atoms with Crippen molar-refractivity contribution in [2.24, 2.45) is 5.92 Å². The topological polar surface area (TPSA) is 77.8 Å². The Labute approximate surface area is 123 Å². The van der Waals surface area contributed by atoms with E-state index in [1.807, 2.05) is 0 Å². The molecule has 112 valence electrons. The molecule has 1 fully saturated rings. The highest BCUT2D eigenvalue weighted by atomic mass is 32.2. The molecular formula is C14H21NO4S. The monoisotopic (exact) mass is 299 g/mol. The molecule has 0 aromatic heterocycles. The van der Waals surface area contributed by atoms with E-state index in [0.717, 1.165) is 23.5 Å². The lowest BCUT2D eigenvalue weighted by atomic mass is 9.76. The van der Waals surface area contributed by atoms with Crippen molar-refractivity contribution in [1.82, 2.24) is 4.90 Å². The number of nitrogens with zero attached hydrogens (tertiary/aromatic N) is 1. The van der Waals surface area contributed by atoms with Gasteiger partial charge in [0.15, 0.2) is 0 Å². The summed E-state index contributed by atoms with van der Waals surface area (Å²) in [6.07, 6.45) is 2.63. The third-order valence-corrected chi connectivity index (χ3v) is 5.06. The number of carboxylic acids is 1. The number of β-lactam (4-membered cyclic amide) rings is 1. The van der Waals surface area contributed by atoms with Gasteiger partial charge < -0.3 is 15.1 Å². The van der Waals surface area contributed by atoms with Gasteiger partial charge in [0.25, 0.3) is 0 Å². The molecule has 0 aromatic rings. The van der Waals surface area contributed by atoms with E-state index in [0.29, 0.717) is 6.42 Å². The zero-order chi connectivity index (χ0) is 15.1. The van der Waals surface area contributed by atoms with E-state index in [-0.39, 0.29) is 17.6 Å². The molecule has 0 aromatic carbocycles. The van der Waals surface area contributed by atoms with Crippen LogP contribution in [-0.4, -0.2) is 44.4 Å². The third-order valence-electron chi connectivity index (χ3n) is 3.86. The standard InChI is InChI=1S/C14H21NO4S/c1-4-5-6-20-9-7-8-10(14(2,3)19)12(16)15(8)11(9)13(17)18/h8,10,19H,4-7H2,1-3H3,(H,17,18). The number of carboxylic acid groups (broad SMARTS) is 1. The van der Waals surface area contributed by atoms with E-state index in [1.165, 1.54) is 16.7 Å². The van der Waals surface area contributed by atoms with Crippen LogP contribution in [0.2, 0.25) is 0 Å². The number of carbonyl (C=O) groups excluding carboxylic acids is 1. The van der Waals surface area contributed by atoms with Crippen molar-refractivity contribution in [2.75, 3.05) is 5.75 Å². The molecule has 2 unspecified atom stereocenters. The molecule has 1 amide bonds. The fourth-order valence-electron chi connectivity index (χ4n) is 2.91. The molecule has 0 radical (unpaired) electrons. The highest BCUT2D eigenvalue weighted by Crippen LogP contribution is 2.49. The second kappa shape index (κ2) is 5.41. The van der Waals surface area contributed by atoms with Gasteiger partial charge in [-0.1, -0.05) is 13.3 Å². The molecule has 2 aliphatic rings. The largest absolute Gasteiger partial charge is 0.477 e. The van der Waals surface area contributed by atoms with Crippen molar-refractivity contribution in [2.45, 2.75) is 51.7 Å². The third kappa shape index (κ3) is 2.46. The zero-order valence-electron chi connectivity index (χ0n) is 12.0. The number of aliphatic carboxylic acids is 1. The first-order valence-electron chi connectivity index (χ1n) is 6.93. The van der Waals surface area contributed by atoms with Gasteiger partial charge in [-0.05, 0) is 26.0 Å².